The van der Waals surface area contributed by atoms with Crippen LogP contribution in [0.4, 0.5) is 0 Å². The zero-order valence-electron chi connectivity index (χ0n) is 13.1. The predicted molar refractivity (Wildman–Crippen MR) is 82.2 cm³/mol. The van der Waals surface area contributed by atoms with Gasteiger partial charge in [-0.3, -0.25) is 0 Å². The molecule has 2 atom stereocenters. The topological polar surface area (TPSA) is 30.5 Å². The second kappa shape index (κ2) is 6.59. The zero-order valence-corrected chi connectivity index (χ0v) is 13.1. The first-order valence-corrected chi connectivity index (χ1v) is 7.63. The summed E-state index contributed by atoms with van der Waals surface area (Å²) in [5, 5.41) is 3.66. The maximum absolute atomic E-state index is 6.27. The number of nitrogens with one attached hydrogen (secondary N) is 1. The molecule has 112 valence electrons. The van der Waals surface area contributed by atoms with E-state index >= 15 is 0 Å². The maximum atomic E-state index is 6.27. The summed E-state index contributed by atoms with van der Waals surface area (Å²) in [7, 11) is 1.69. The minimum absolute atomic E-state index is 0.112. The Morgan fingerprint density at radius 3 is 2.45 bits per heavy atom. The van der Waals surface area contributed by atoms with Gasteiger partial charge in [0, 0.05) is 18.0 Å². The molecule has 2 rings (SSSR count). The van der Waals surface area contributed by atoms with Gasteiger partial charge >= 0.3 is 0 Å². The van der Waals surface area contributed by atoms with Gasteiger partial charge in [-0.05, 0) is 37.5 Å². The van der Waals surface area contributed by atoms with E-state index in [-0.39, 0.29) is 11.5 Å². The number of benzene rings is 1. The number of hydrogen-bond donors (Lipinski definition) is 1. The van der Waals surface area contributed by atoms with Crippen LogP contribution in [0.3, 0.4) is 0 Å². The van der Waals surface area contributed by atoms with Gasteiger partial charge < -0.3 is 14.8 Å². The summed E-state index contributed by atoms with van der Waals surface area (Å²) >= 11 is 0. The molecule has 1 saturated heterocycles. The van der Waals surface area contributed by atoms with Crippen LogP contribution in [0.1, 0.15) is 45.3 Å². The number of methoxy groups -OCH3 is 1. The highest BCUT2D eigenvalue weighted by atomic mass is 16.5. The van der Waals surface area contributed by atoms with Gasteiger partial charge in [-0.15, -0.1) is 0 Å². The van der Waals surface area contributed by atoms with Gasteiger partial charge in [0.1, 0.15) is 5.75 Å². The standard InChI is InChI=1S/C17H27NO2/c1-5-17(6-2)11-18-13(3)16(20-12-17)14-7-9-15(19-4)10-8-14/h7-10,13,16,18H,5-6,11-12H2,1-4H3. The van der Waals surface area contributed by atoms with Gasteiger partial charge in [-0.1, -0.05) is 26.0 Å². The fourth-order valence-corrected chi connectivity index (χ4v) is 2.83. The van der Waals surface area contributed by atoms with Crippen molar-refractivity contribution in [2.75, 3.05) is 20.3 Å². The molecule has 0 bridgehead atoms. The molecule has 2 unspecified atom stereocenters. The van der Waals surface area contributed by atoms with Crippen LogP contribution < -0.4 is 10.1 Å². The Hall–Kier alpha value is -1.06. The zero-order chi connectivity index (χ0) is 14.6. The second-order valence-electron chi connectivity index (χ2n) is 5.88. The monoisotopic (exact) mass is 277 g/mol. The lowest BCUT2D eigenvalue weighted by Crippen LogP contribution is -2.37. The number of hydrogen-bond acceptors (Lipinski definition) is 3. The van der Waals surface area contributed by atoms with Crippen molar-refractivity contribution in [3.8, 4) is 5.75 Å². The summed E-state index contributed by atoms with van der Waals surface area (Å²) < 4.78 is 11.5. The van der Waals surface area contributed by atoms with Crippen LogP contribution in [0.25, 0.3) is 0 Å². The van der Waals surface area contributed by atoms with E-state index in [2.05, 4.69) is 38.2 Å². The summed E-state index contributed by atoms with van der Waals surface area (Å²) in [5.41, 5.74) is 1.49. The van der Waals surface area contributed by atoms with E-state index in [9.17, 15) is 0 Å². The SMILES string of the molecule is CCC1(CC)CNC(C)C(c2ccc(OC)cc2)OC1. The molecule has 3 nitrogen and oxygen atoms in total. The summed E-state index contributed by atoms with van der Waals surface area (Å²) in [6, 6.07) is 8.54. The quantitative estimate of drug-likeness (QED) is 0.913. The first-order chi connectivity index (χ1) is 9.64. The Bertz CT molecular complexity index is 412. The van der Waals surface area contributed by atoms with Crippen molar-refractivity contribution in [1.82, 2.24) is 5.32 Å². The van der Waals surface area contributed by atoms with Gasteiger partial charge in [0.05, 0.1) is 19.8 Å². The molecule has 0 amide bonds. The van der Waals surface area contributed by atoms with Crippen molar-refractivity contribution in [3.63, 3.8) is 0 Å². The lowest BCUT2D eigenvalue weighted by molar-refractivity contribution is -0.000558. The molecule has 1 aromatic rings. The Balaban J connectivity index is 2.15. The van der Waals surface area contributed by atoms with E-state index in [0.717, 1.165) is 31.7 Å². The Morgan fingerprint density at radius 2 is 1.90 bits per heavy atom. The van der Waals surface area contributed by atoms with E-state index in [1.165, 1.54) is 5.56 Å². The average Bonchev–Trinajstić information content (AvgIpc) is 2.67. The van der Waals surface area contributed by atoms with Crippen LogP contribution in [-0.2, 0) is 4.74 Å². The van der Waals surface area contributed by atoms with Crippen LogP contribution in [0.2, 0.25) is 0 Å². The van der Waals surface area contributed by atoms with E-state index in [1.54, 1.807) is 7.11 Å². The molecule has 1 heterocycles. The van der Waals surface area contributed by atoms with Gasteiger partial charge in [0.25, 0.3) is 0 Å². The highest BCUT2D eigenvalue weighted by Crippen LogP contribution is 2.34. The van der Waals surface area contributed by atoms with E-state index in [4.69, 9.17) is 9.47 Å². The minimum Gasteiger partial charge on any atom is -0.497 e. The molecule has 3 heteroatoms. The molecule has 0 radical (unpaired) electrons. The predicted octanol–water partition coefficient (Wildman–Crippen LogP) is 3.55. The third kappa shape index (κ3) is 3.15. The molecule has 20 heavy (non-hydrogen) atoms. The van der Waals surface area contributed by atoms with E-state index in [1.807, 2.05) is 12.1 Å². The normalized spacial score (nSPS) is 26.0. The lowest BCUT2D eigenvalue weighted by Gasteiger charge is -2.29. The highest BCUT2D eigenvalue weighted by molar-refractivity contribution is 5.29. The van der Waals surface area contributed by atoms with Crippen LogP contribution in [0.5, 0.6) is 5.75 Å². The maximum Gasteiger partial charge on any atom is 0.118 e. The van der Waals surface area contributed by atoms with Crippen molar-refractivity contribution in [2.45, 2.75) is 45.8 Å². The Labute approximate surface area is 122 Å². The van der Waals surface area contributed by atoms with Crippen molar-refractivity contribution >= 4 is 0 Å². The molecule has 1 aliphatic heterocycles. The number of ether oxygens (including phenoxy) is 2. The van der Waals surface area contributed by atoms with E-state index < -0.39 is 0 Å². The largest absolute Gasteiger partial charge is 0.497 e. The van der Waals surface area contributed by atoms with Gasteiger partial charge in [0.15, 0.2) is 0 Å². The molecule has 1 N–H and O–H groups in total. The number of rotatable bonds is 4. The summed E-state index contributed by atoms with van der Waals surface area (Å²) in [5.74, 6) is 0.888. The Morgan fingerprint density at radius 1 is 1.25 bits per heavy atom. The third-order valence-corrected chi connectivity index (χ3v) is 4.77. The smallest absolute Gasteiger partial charge is 0.118 e. The van der Waals surface area contributed by atoms with Crippen LogP contribution in [0, 0.1) is 5.41 Å². The average molecular weight is 277 g/mol. The lowest BCUT2D eigenvalue weighted by atomic mass is 9.83. The van der Waals surface area contributed by atoms with Crippen LogP contribution in [-0.4, -0.2) is 26.3 Å². The molecule has 0 aromatic heterocycles. The second-order valence-corrected chi connectivity index (χ2v) is 5.88. The van der Waals surface area contributed by atoms with Crippen LogP contribution in [0.15, 0.2) is 24.3 Å². The molecule has 0 spiro atoms. The fraction of sp³-hybridized carbons (Fsp3) is 0.647. The molecular weight excluding hydrogens is 250 g/mol. The summed E-state index contributed by atoms with van der Waals surface area (Å²) in [6.07, 6.45) is 2.41. The van der Waals surface area contributed by atoms with Gasteiger partial charge in [-0.25, -0.2) is 0 Å². The molecule has 1 fully saturated rings. The van der Waals surface area contributed by atoms with E-state index in [0.29, 0.717) is 6.04 Å². The van der Waals surface area contributed by atoms with Crippen molar-refractivity contribution < 1.29 is 9.47 Å². The van der Waals surface area contributed by atoms with Gasteiger partial charge in [-0.2, -0.15) is 0 Å². The molecule has 0 aliphatic carbocycles. The van der Waals surface area contributed by atoms with Crippen molar-refractivity contribution in [1.29, 1.82) is 0 Å². The summed E-state index contributed by atoms with van der Waals surface area (Å²) in [4.78, 5) is 0. The fourth-order valence-electron chi connectivity index (χ4n) is 2.83. The summed E-state index contributed by atoms with van der Waals surface area (Å²) in [6.45, 7) is 8.58. The molecular formula is C17H27NO2. The molecule has 1 aliphatic rings. The van der Waals surface area contributed by atoms with Gasteiger partial charge in [0.2, 0.25) is 0 Å². The van der Waals surface area contributed by atoms with Crippen molar-refractivity contribution in [2.24, 2.45) is 5.41 Å². The first kappa shape index (κ1) is 15.3. The Kier molecular flexibility index (Phi) is 5.06. The first-order valence-electron chi connectivity index (χ1n) is 7.63. The molecule has 1 aromatic carbocycles. The highest BCUT2D eigenvalue weighted by Gasteiger charge is 2.34. The van der Waals surface area contributed by atoms with Crippen LogP contribution >= 0.6 is 0 Å². The van der Waals surface area contributed by atoms with Crippen molar-refractivity contribution in [3.05, 3.63) is 29.8 Å². The molecule has 0 saturated carbocycles. The minimum atomic E-state index is 0.112. The third-order valence-electron chi connectivity index (χ3n) is 4.77.